The minimum Gasteiger partial charge on any atom is -0.459 e. The Morgan fingerprint density at radius 2 is 1.90 bits per heavy atom. The summed E-state index contributed by atoms with van der Waals surface area (Å²) in [5.41, 5.74) is 10.6. The first-order chi connectivity index (χ1) is 13.9. The highest BCUT2D eigenvalue weighted by Gasteiger charge is 2.27. The van der Waals surface area contributed by atoms with E-state index in [9.17, 15) is 4.79 Å². The molecule has 0 bridgehead atoms. The molecule has 7 heteroatoms. The largest absolute Gasteiger partial charge is 0.459 e. The molecule has 0 saturated carbocycles. The zero-order chi connectivity index (χ0) is 20.7. The Balaban J connectivity index is 2.04. The van der Waals surface area contributed by atoms with Crippen molar-refractivity contribution in [2.45, 2.75) is 33.3 Å². The first-order valence-corrected chi connectivity index (χ1v) is 9.82. The summed E-state index contributed by atoms with van der Waals surface area (Å²) in [5.74, 6) is -0.285. The lowest BCUT2D eigenvalue weighted by atomic mass is 10.2. The van der Waals surface area contributed by atoms with E-state index in [-0.39, 0.29) is 17.5 Å². The molecule has 0 aliphatic rings. The predicted octanol–water partition coefficient (Wildman–Crippen LogP) is 5.07. The van der Waals surface area contributed by atoms with E-state index in [1.54, 1.807) is 10.6 Å². The molecule has 4 rings (SSSR count). The number of benzene rings is 2. The van der Waals surface area contributed by atoms with Crippen LogP contribution < -0.4 is 5.73 Å². The van der Waals surface area contributed by atoms with Gasteiger partial charge in [-0.05, 0) is 50.1 Å². The molecule has 1 unspecified atom stereocenters. The maximum atomic E-state index is 12.9. The zero-order valence-electron chi connectivity index (χ0n) is 16.4. The van der Waals surface area contributed by atoms with E-state index in [0.29, 0.717) is 39.3 Å². The molecule has 2 N–H and O–H groups in total. The molecular formula is C22H21ClN4O2. The number of anilines is 1. The summed E-state index contributed by atoms with van der Waals surface area (Å²) < 4.78 is 7.25. The Morgan fingerprint density at radius 1 is 1.21 bits per heavy atom. The minimum atomic E-state index is -0.511. The number of nitrogens with two attached hydrogens (primary N) is 1. The van der Waals surface area contributed by atoms with Crippen LogP contribution >= 0.6 is 11.6 Å². The van der Waals surface area contributed by atoms with E-state index < -0.39 is 5.97 Å². The van der Waals surface area contributed by atoms with E-state index in [1.807, 2.05) is 57.2 Å². The van der Waals surface area contributed by atoms with Crippen LogP contribution in [0.25, 0.3) is 27.9 Å². The summed E-state index contributed by atoms with van der Waals surface area (Å²) in [5, 5.41) is 0.598. The van der Waals surface area contributed by atoms with Crippen LogP contribution in [0, 0.1) is 6.92 Å². The molecule has 0 aliphatic carbocycles. The molecule has 0 saturated heterocycles. The lowest BCUT2D eigenvalue weighted by molar-refractivity contribution is 0.0338. The number of rotatable bonds is 4. The van der Waals surface area contributed by atoms with E-state index >= 15 is 0 Å². The SMILES string of the molecule is CCC(C)OC(=O)c1c(N)n(-c2ccc(C)c(Cl)c2)c2nc3ccccc3nc12. The fraction of sp³-hybridized carbons (Fsp3) is 0.227. The monoisotopic (exact) mass is 408 g/mol. The lowest BCUT2D eigenvalue weighted by Crippen LogP contribution is -2.15. The molecule has 29 heavy (non-hydrogen) atoms. The van der Waals surface area contributed by atoms with Crippen LogP contribution in [0.2, 0.25) is 5.02 Å². The highest BCUT2D eigenvalue weighted by Crippen LogP contribution is 2.33. The van der Waals surface area contributed by atoms with Gasteiger partial charge in [-0.25, -0.2) is 14.8 Å². The summed E-state index contributed by atoms with van der Waals surface area (Å²) >= 11 is 6.34. The Hall–Kier alpha value is -3.12. The molecule has 0 spiro atoms. The molecule has 0 radical (unpaired) electrons. The van der Waals surface area contributed by atoms with Gasteiger partial charge in [-0.1, -0.05) is 36.7 Å². The second kappa shape index (κ2) is 7.37. The third-order valence-corrected chi connectivity index (χ3v) is 5.41. The first kappa shape index (κ1) is 19.2. The summed E-state index contributed by atoms with van der Waals surface area (Å²) in [4.78, 5) is 22.4. The van der Waals surface area contributed by atoms with Gasteiger partial charge in [0.1, 0.15) is 16.9 Å². The molecule has 2 aromatic carbocycles. The molecule has 2 heterocycles. The summed E-state index contributed by atoms with van der Waals surface area (Å²) in [7, 11) is 0. The normalized spacial score (nSPS) is 12.4. The van der Waals surface area contributed by atoms with Gasteiger partial charge >= 0.3 is 5.97 Å². The predicted molar refractivity (Wildman–Crippen MR) is 116 cm³/mol. The van der Waals surface area contributed by atoms with E-state index in [1.165, 1.54) is 0 Å². The van der Waals surface area contributed by atoms with E-state index in [4.69, 9.17) is 27.1 Å². The van der Waals surface area contributed by atoms with Gasteiger partial charge in [0, 0.05) is 5.02 Å². The standard InChI is InChI=1S/C22H21ClN4O2/c1-4-13(3)29-22(28)18-19-21(26-17-8-6-5-7-16(17)25-19)27(20(18)24)14-10-9-12(2)15(23)11-14/h5-11,13H,4,24H2,1-3H3. The Labute approximate surface area is 173 Å². The third kappa shape index (κ3) is 3.29. The number of hydrogen-bond acceptors (Lipinski definition) is 5. The van der Waals surface area contributed by atoms with Gasteiger partial charge in [-0.2, -0.15) is 0 Å². The van der Waals surface area contributed by atoms with E-state index in [0.717, 1.165) is 5.56 Å². The van der Waals surface area contributed by atoms with Gasteiger partial charge in [0.2, 0.25) is 0 Å². The number of esters is 1. The van der Waals surface area contributed by atoms with Crippen LogP contribution in [0.15, 0.2) is 42.5 Å². The number of carbonyl (C=O) groups excluding carboxylic acids is 1. The Bertz CT molecular complexity index is 1250. The maximum Gasteiger partial charge on any atom is 0.344 e. The second-order valence-corrected chi connectivity index (χ2v) is 7.45. The van der Waals surface area contributed by atoms with Crippen LogP contribution in [0.5, 0.6) is 0 Å². The van der Waals surface area contributed by atoms with Crippen molar-refractivity contribution in [2.24, 2.45) is 0 Å². The number of ether oxygens (including phenoxy) is 1. The fourth-order valence-electron chi connectivity index (χ4n) is 3.17. The molecule has 1 atom stereocenters. The van der Waals surface area contributed by atoms with Crippen molar-refractivity contribution in [3.63, 3.8) is 0 Å². The molecular weight excluding hydrogens is 388 g/mol. The van der Waals surface area contributed by atoms with Crippen LogP contribution in [0.3, 0.4) is 0 Å². The highest BCUT2D eigenvalue weighted by atomic mass is 35.5. The van der Waals surface area contributed by atoms with Crippen molar-refractivity contribution in [2.75, 3.05) is 5.73 Å². The lowest BCUT2D eigenvalue weighted by Gasteiger charge is -2.11. The van der Waals surface area contributed by atoms with Crippen molar-refractivity contribution >= 4 is 45.6 Å². The Kier molecular flexibility index (Phi) is 4.88. The summed E-state index contributed by atoms with van der Waals surface area (Å²) in [6, 6.07) is 13.1. The molecule has 6 nitrogen and oxygen atoms in total. The van der Waals surface area contributed by atoms with Gasteiger partial charge in [-0.3, -0.25) is 4.57 Å². The van der Waals surface area contributed by atoms with Crippen LogP contribution in [0.4, 0.5) is 5.82 Å². The quantitative estimate of drug-likeness (QED) is 0.476. The van der Waals surface area contributed by atoms with Crippen LogP contribution in [0.1, 0.15) is 36.2 Å². The fourth-order valence-corrected chi connectivity index (χ4v) is 3.34. The number of nitrogens with zero attached hydrogens (tertiary/aromatic N) is 3. The molecule has 148 valence electrons. The zero-order valence-corrected chi connectivity index (χ0v) is 17.2. The molecule has 0 amide bonds. The number of nitrogen functional groups attached to an aromatic ring is 1. The molecule has 2 aromatic heterocycles. The van der Waals surface area contributed by atoms with Crippen molar-refractivity contribution in [3.05, 3.63) is 58.6 Å². The number of hydrogen-bond donors (Lipinski definition) is 1. The van der Waals surface area contributed by atoms with Crippen molar-refractivity contribution < 1.29 is 9.53 Å². The Morgan fingerprint density at radius 3 is 2.55 bits per heavy atom. The van der Waals surface area contributed by atoms with Crippen LogP contribution in [-0.2, 0) is 4.74 Å². The molecule has 0 fully saturated rings. The van der Waals surface area contributed by atoms with Crippen molar-refractivity contribution in [1.82, 2.24) is 14.5 Å². The van der Waals surface area contributed by atoms with Gasteiger partial charge in [0.15, 0.2) is 5.65 Å². The van der Waals surface area contributed by atoms with Gasteiger partial charge in [0.05, 0.1) is 22.8 Å². The average Bonchev–Trinajstić information content (AvgIpc) is 2.99. The average molecular weight is 409 g/mol. The minimum absolute atomic E-state index is 0.218. The maximum absolute atomic E-state index is 12.9. The number of para-hydroxylation sites is 2. The van der Waals surface area contributed by atoms with Gasteiger partial charge < -0.3 is 10.5 Å². The second-order valence-electron chi connectivity index (χ2n) is 7.04. The number of aryl methyl sites for hydroxylation is 1. The van der Waals surface area contributed by atoms with Crippen molar-refractivity contribution in [3.8, 4) is 5.69 Å². The van der Waals surface area contributed by atoms with Crippen molar-refractivity contribution in [1.29, 1.82) is 0 Å². The molecule has 0 aliphatic heterocycles. The first-order valence-electron chi connectivity index (χ1n) is 9.44. The van der Waals surface area contributed by atoms with Crippen LogP contribution in [-0.4, -0.2) is 26.6 Å². The van der Waals surface area contributed by atoms with E-state index in [2.05, 4.69) is 4.98 Å². The summed E-state index contributed by atoms with van der Waals surface area (Å²) in [6.07, 6.45) is 0.467. The van der Waals surface area contributed by atoms with Gasteiger partial charge in [0.25, 0.3) is 0 Å². The third-order valence-electron chi connectivity index (χ3n) is 5.00. The highest BCUT2D eigenvalue weighted by molar-refractivity contribution is 6.31. The summed E-state index contributed by atoms with van der Waals surface area (Å²) in [6.45, 7) is 5.71. The number of carbonyl (C=O) groups is 1. The number of aromatic nitrogens is 3. The van der Waals surface area contributed by atoms with Gasteiger partial charge in [-0.15, -0.1) is 0 Å². The smallest absolute Gasteiger partial charge is 0.344 e. The number of fused-ring (bicyclic) bond motifs is 2. The topological polar surface area (TPSA) is 83.0 Å². The number of halogens is 1. The molecule has 4 aromatic rings.